The van der Waals surface area contributed by atoms with E-state index < -0.39 is 0 Å². The van der Waals surface area contributed by atoms with Crippen LogP contribution < -0.4 is 10.2 Å². The second-order valence-electron chi connectivity index (χ2n) is 5.66. The Morgan fingerprint density at radius 2 is 1.92 bits per heavy atom. The summed E-state index contributed by atoms with van der Waals surface area (Å²) in [7, 11) is 2.09. The van der Waals surface area contributed by atoms with E-state index in [4.69, 9.17) is 5.26 Å². The Bertz CT molecular complexity index is 759. The van der Waals surface area contributed by atoms with E-state index in [2.05, 4.69) is 32.1 Å². The van der Waals surface area contributed by atoms with Crippen LogP contribution in [-0.4, -0.2) is 54.0 Å². The number of nitrogens with zero attached hydrogens (tertiary/aromatic N) is 5. The molecule has 3 rings (SSSR count). The summed E-state index contributed by atoms with van der Waals surface area (Å²) in [4.78, 5) is 25.2. The lowest BCUT2D eigenvalue weighted by Crippen LogP contribution is -2.44. The Hall–Kier alpha value is -2.98. The van der Waals surface area contributed by atoms with Gasteiger partial charge >= 0.3 is 0 Å². The SMILES string of the molecule is CN1CCN(c2cnc(C(=O)Nc3ccccc3C#N)cn2)CC1. The highest BCUT2D eigenvalue weighted by molar-refractivity contribution is 6.03. The highest BCUT2D eigenvalue weighted by atomic mass is 16.1. The first-order chi connectivity index (χ1) is 11.7. The zero-order valence-corrected chi connectivity index (χ0v) is 13.4. The minimum Gasteiger partial charge on any atom is -0.353 e. The van der Waals surface area contributed by atoms with Crippen LogP contribution in [0.3, 0.4) is 0 Å². The Morgan fingerprint density at radius 3 is 2.58 bits per heavy atom. The maximum atomic E-state index is 12.3. The van der Waals surface area contributed by atoms with Gasteiger partial charge in [0.05, 0.1) is 23.6 Å². The van der Waals surface area contributed by atoms with Gasteiger partial charge in [-0.2, -0.15) is 5.26 Å². The number of benzene rings is 1. The highest BCUT2D eigenvalue weighted by Crippen LogP contribution is 2.15. The number of para-hydroxylation sites is 1. The average Bonchev–Trinajstić information content (AvgIpc) is 2.63. The van der Waals surface area contributed by atoms with Crippen LogP contribution in [0, 0.1) is 11.3 Å². The van der Waals surface area contributed by atoms with Gasteiger partial charge in [0.1, 0.15) is 17.6 Å². The van der Waals surface area contributed by atoms with E-state index >= 15 is 0 Å². The molecule has 1 fully saturated rings. The first kappa shape index (κ1) is 15.9. The van der Waals surface area contributed by atoms with Crippen molar-refractivity contribution in [3.05, 3.63) is 47.9 Å². The monoisotopic (exact) mass is 322 g/mol. The number of nitriles is 1. The van der Waals surface area contributed by atoms with E-state index in [1.807, 2.05) is 6.07 Å². The molecule has 122 valence electrons. The van der Waals surface area contributed by atoms with Gasteiger partial charge in [-0.3, -0.25) is 4.79 Å². The number of piperazine rings is 1. The van der Waals surface area contributed by atoms with Crippen LogP contribution in [0.15, 0.2) is 36.7 Å². The van der Waals surface area contributed by atoms with Crippen molar-refractivity contribution in [2.75, 3.05) is 43.4 Å². The number of carbonyl (C=O) groups excluding carboxylic acids is 1. The summed E-state index contributed by atoms with van der Waals surface area (Å²) >= 11 is 0. The van der Waals surface area contributed by atoms with Gasteiger partial charge in [-0.05, 0) is 19.2 Å². The molecule has 0 radical (unpaired) electrons. The molecule has 24 heavy (non-hydrogen) atoms. The summed E-state index contributed by atoms with van der Waals surface area (Å²) < 4.78 is 0. The number of hydrogen-bond donors (Lipinski definition) is 1. The zero-order chi connectivity index (χ0) is 16.9. The summed E-state index contributed by atoms with van der Waals surface area (Å²) in [5.74, 6) is 0.396. The number of nitrogens with one attached hydrogen (secondary N) is 1. The Kier molecular flexibility index (Phi) is 4.68. The Balaban J connectivity index is 1.69. The van der Waals surface area contributed by atoms with Crippen LogP contribution in [0.1, 0.15) is 16.1 Å². The normalized spacial score (nSPS) is 14.9. The molecule has 0 aliphatic carbocycles. The van der Waals surface area contributed by atoms with E-state index in [1.165, 1.54) is 6.20 Å². The standard InChI is InChI=1S/C17H18N6O/c1-22-6-8-23(9-7-22)16-12-19-15(11-20-16)17(24)21-14-5-3-2-4-13(14)10-18/h2-5,11-12H,6-9H2,1H3,(H,21,24). The van der Waals surface area contributed by atoms with Crippen molar-refractivity contribution in [3.8, 4) is 6.07 Å². The third-order valence-electron chi connectivity index (χ3n) is 3.99. The quantitative estimate of drug-likeness (QED) is 0.918. The number of likely N-dealkylation sites (N-methyl/N-ethyl adjacent to an activating group) is 1. The minimum atomic E-state index is -0.380. The minimum absolute atomic E-state index is 0.223. The second-order valence-corrected chi connectivity index (χ2v) is 5.66. The van der Waals surface area contributed by atoms with Gasteiger partial charge in [0.2, 0.25) is 0 Å². The van der Waals surface area contributed by atoms with Gasteiger partial charge in [-0.25, -0.2) is 9.97 Å². The Morgan fingerprint density at radius 1 is 1.17 bits per heavy atom. The summed E-state index contributed by atoms with van der Waals surface area (Å²) in [6.07, 6.45) is 3.09. The van der Waals surface area contributed by atoms with Crippen molar-refractivity contribution in [3.63, 3.8) is 0 Å². The molecule has 1 aromatic carbocycles. The largest absolute Gasteiger partial charge is 0.353 e. The fourth-order valence-electron chi connectivity index (χ4n) is 2.51. The molecule has 0 bridgehead atoms. The van der Waals surface area contributed by atoms with Crippen molar-refractivity contribution >= 4 is 17.4 Å². The lowest BCUT2D eigenvalue weighted by molar-refractivity contribution is 0.102. The van der Waals surface area contributed by atoms with Crippen molar-refractivity contribution < 1.29 is 4.79 Å². The fraction of sp³-hybridized carbons (Fsp3) is 0.294. The molecule has 1 aliphatic heterocycles. The maximum absolute atomic E-state index is 12.3. The molecule has 0 spiro atoms. The van der Waals surface area contributed by atoms with Gasteiger partial charge in [0, 0.05) is 26.2 Å². The molecule has 7 heteroatoms. The van der Waals surface area contributed by atoms with Crippen LogP contribution in [-0.2, 0) is 0 Å². The Labute approximate surface area is 140 Å². The van der Waals surface area contributed by atoms with Gasteiger partial charge < -0.3 is 15.1 Å². The molecule has 2 heterocycles. The van der Waals surface area contributed by atoms with Crippen LogP contribution in [0.2, 0.25) is 0 Å². The van der Waals surface area contributed by atoms with Crippen molar-refractivity contribution in [2.24, 2.45) is 0 Å². The van der Waals surface area contributed by atoms with Crippen molar-refractivity contribution in [1.82, 2.24) is 14.9 Å². The van der Waals surface area contributed by atoms with E-state index in [9.17, 15) is 4.79 Å². The number of aromatic nitrogens is 2. The highest BCUT2D eigenvalue weighted by Gasteiger charge is 2.17. The average molecular weight is 322 g/mol. The van der Waals surface area contributed by atoms with Crippen molar-refractivity contribution in [1.29, 1.82) is 5.26 Å². The van der Waals surface area contributed by atoms with Crippen LogP contribution >= 0.6 is 0 Å². The van der Waals surface area contributed by atoms with Crippen LogP contribution in [0.4, 0.5) is 11.5 Å². The number of rotatable bonds is 3. The van der Waals surface area contributed by atoms with Crippen LogP contribution in [0.25, 0.3) is 0 Å². The fourth-order valence-corrected chi connectivity index (χ4v) is 2.51. The van der Waals surface area contributed by atoms with Gasteiger partial charge in [-0.15, -0.1) is 0 Å². The number of hydrogen-bond acceptors (Lipinski definition) is 6. The second kappa shape index (κ2) is 7.06. The van der Waals surface area contributed by atoms with E-state index in [0.717, 1.165) is 32.0 Å². The summed E-state index contributed by atoms with van der Waals surface area (Å²) in [6, 6.07) is 8.89. The summed E-state index contributed by atoms with van der Waals surface area (Å²) in [6.45, 7) is 3.75. The topological polar surface area (TPSA) is 85.1 Å². The molecular weight excluding hydrogens is 304 g/mol. The van der Waals surface area contributed by atoms with E-state index in [-0.39, 0.29) is 11.6 Å². The van der Waals surface area contributed by atoms with Crippen LogP contribution in [0.5, 0.6) is 0 Å². The number of amides is 1. The molecular formula is C17H18N6O. The summed E-state index contributed by atoms with van der Waals surface area (Å²) in [5.41, 5.74) is 1.10. The molecule has 0 saturated carbocycles. The molecule has 1 aliphatic rings. The van der Waals surface area contributed by atoms with Crippen molar-refractivity contribution in [2.45, 2.75) is 0 Å². The molecule has 2 aromatic rings. The lowest BCUT2D eigenvalue weighted by atomic mass is 10.2. The van der Waals surface area contributed by atoms with E-state index in [1.54, 1.807) is 30.5 Å². The molecule has 1 saturated heterocycles. The molecule has 1 N–H and O–H groups in total. The van der Waals surface area contributed by atoms with Gasteiger partial charge in [0.15, 0.2) is 0 Å². The number of carbonyl (C=O) groups is 1. The molecule has 1 aromatic heterocycles. The van der Waals surface area contributed by atoms with Gasteiger partial charge in [-0.1, -0.05) is 12.1 Å². The predicted octanol–water partition coefficient (Wildman–Crippen LogP) is 1.35. The number of anilines is 2. The first-order valence-electron chi connectivity index (χ1n) is 7.73. The summed E-state index contributed by atoms with van der Waals surface area (Å²) in [5, 5.41) is 11.8. The third-order valence-corrected chi connectivity index (χ3v) is 3.99. The molecule has 0 atom stereocenters. The molecule has 1 amide bonds. The van der Waals surface area contributed by atoms with Gasteiger partial charge in [0.25, 0.3) is 5.91 Å². The molecule has 0 unspecified atom stereocenters. The van der Waals surface area contributed by atoms with E-state index in [0.29, 0.717) is 11.3 Å². The molecule has 7 nitrogen and oxygen atoms in total. The first-order valence-corrected chi connectivity index (χ1v) is 7.73. The zero-order valence-electron chi connectivity index (χ0n) is 13.4. The third kappa shape index (κ3) is 3.50. The lowest BCUT2D eigenvalue weighted by Gasteiger charge is -2.32. The smallest absolute Gasteiger partial charge is 0.275 e. The predicted molar refractivity (Wildman–Crippen MR) is 90.9 cm³/mol. The maximum Gasteiger partial charge on any atom is 0.275 e.